The predicted molar refractivity (Wildman–Crippen MR) is 82.1 cm³/mol. The summed E-state index contributed by atoms with van der Waals surface area (Å²) in [5.74, 6) is 0.498. The number of aryl methyl sites for hydroxylation is 1. The Balaban J connectivity index is 1.76. The van der Waals surface area contributed by atoms with E-state index in [-0.39, 0.29) is 12.1 Å². The van der Waals surface area contributed by atoms with Crippen molar-refractivity contribution in [2.45, 2.75) is 39.0 Å². The van der Waals surface area contributed by atoms with Crippen LogP contribution in [0.2, 0.25) is 0 Å². The molecule has 118 valence electrons. The molecule has 2 amide bonds. The highest BCUT2D eigenvalue weighted by Gasteiger charge is 2.16. The normalized spacial score (nSPS) is 13.4. The summed E-state index contributed by atoms with van der Waals surface area (Å²) in [6.07, 6.45) is 2.86. The van der Waals surface area contributed by atoms with Crippen LogP contribution >= 0.6 is 0 Å². The van der Waals surface area contributed by atoms with E-state index >= 15 is 0 Å². The first-order valence-corrected chi connectivity index (χ1v) is 7.22. The minimum Gasteiger partial charge on any atom is -0.467 e. The molecule has 6 nitrogen and oxygen atoms in total. The average Bonchev–Trinajstić information content (AvgIpc) is 3.00. The van der Waals surface area contributed by atoms with E-state index < -0.39 is 6.10 Å². The van der Waals surface area contributed by atoms with Gasteiger partial charge in [0, 0.05) is 18.7 Å². The lowest BCUT2D eigenvalue weighted by Crippen LogP contribution is -2.41. The largest absolute Gasteiger partial charge is 0.467 e. The second-order valence-electron chi connectivity index (χ2n) is 5.26. The van der Waals surface area contributed by atoms with Gasteiger partial charge in [-0.1, -0.05) is 6.07 Å². The number of pyridine rings is 1. The summed E-state index contributed by atoms with van der Waals surface area (Å²) in [7, 11) is 0. The first-order valence-electron chi connectivity index (χ1n) is 7.22. The highest BCUT2D eigenvalue weighted by molar-refractivity contribution is 5.74. The number of urea groups is 1. The number of carbonyl (C=O) groups excluding carboxylic acids is 1. The number of rotatable bonds is 6. The molecule has 2 aromatic heterocycles. The van der Waals surface area contributed by atoms with Gasteiger partial charge in [-0.15, -0.1) is 0 Å². The first-order chi connectivity index (χ1) is 10.6. The van der Waals surface area contributed by atoms with Crippen molar-refractivity contribution in [3.8, 4) is 0 Å². The SMILES string of the molecule is Cc1cccnc1CNC(=O)NC(C)CC(O)c1ccco1. The lowest BCUT2D eigenvalue weighted by atomic mass is 10.1. The van der Waals surface area contributed by atoms with Crippen molar-refractivity contribution < 1.29 is 14.3 Å². The Bertz CT molecular complexity index is 598. The van der Waals surface area contributed by atoms with Crippen LogP contribution in [0.1, 0.15) is 36.5 Å². The van der Waals surface area contributed by atoms with Gasteiger partial charge in [0.2, 0.25) is 0 Å². The fraction of sp³-hybridized carbons (Fsp3) is 0.375. The van der Waals surface area contributed by atoms with Crippen LogP contribution in [0.3, 0.4) is 0 Å². The van der Waals surface area contributed by atoms with Crippen molar-refractivity contribution in [1.82, 2.24) is 15.6 Å². The molecule has 0 spiro atoms. The number of carbonyl (C=O) groups is 1. The van der Waals surface area contributed by atoms with Gasteiger partial charge >= 0.3 is 6.03 Å². The van der Waals surface area contributed by atoms with E-state index in [1.807, 2.05) is 26.0 Å². The molecule has 0 aliphatic carbocycles. The Labute approximate surface area is 129 Å². The number of nitrogens with zero attached hydrogens (tertiary/aromatic N) is 1. The minimum atomic E-state index is -0.733. The van der Waals surface area contributed by atoms with Crippen LogP contribution in [0.4, 0.5) is 4.79 Å². The van der Waals surface area contributed by atoms with E-state index in [0.29, 0.717) is 18.7 Å². The molecule has 0 saturated heterocycles. The quantitative estimate of drug-likeness (QED) is 0.764. The molecule has 0 aliphatic heterocycles. The maximum atomic E-state index is 11.9. The molecule has 0 bridgehead atoms. The van der Waals surface area contributed by atoms with Crippen molar-refractivity contribution in [1.29, 1.82) is 0 Å². The zero-order valence-electron chi connectivity index (χ0n) is 12.7. The number of amides is 2. The van der Waals surface area contributed by atoms with Crippen LogP contribution in [0.5, 0.6) is 0 Å². The molecule has 22 heavy (non-hydrogen) atoms. The topological polar surface area (TPSA) is 87.4 Å². The van der Waals surface area contributed by atoms with Crippen LogP contribution in [0.25, 0.3) is 0 Å². The van der Waals surface area contributed by atoms with Crippen LogP contribution in [0, 0.1) is 6.92 Å². The van der Waals surface area contributed by atoms with Gasteiger partial charge in [-0.3, -0.25) is 4.98 Å². The van der Waals surface area contributed by atoms with Gasteiger partial charge in [-0.05, 0) is 37.6 Å². The molecular formula is C16H21N3O3. The molecular weight excluding hydrogens is 282 g/mol. The molecule has 2 heterocycles. The Hall–Kier alpha value is -2.34. The Morgan fingerprint density at radius 2 is 2.23 bits per heavy atom. The molecule has 0 radical (unpaired) electrons. The third-order valence-electron chi connectivity index (χ3n) is 3.36. The second kappa shape index (κ2) is 7.61. The highest BCUT2D eigenvalue weighted by atomic mass is 16.4. The summed E-state index contributed by atoms with van der Waals surface area (Å²) >= 11 is 0. The first kappa shape index (κ1) is 16.0. The summed E-state index contributed by atoms with van der Waals surface area (Å²) in [5, 5.41) is 15.5. The zero-order valence-corrected chi connectivity index (χ0v) is 12.7. The molecule has 6 heteroatoms. The maximum Gasteiger partial charge on any atom is 0.315 e. The van der Waals surface area contributed by atoms with Crippen molar-refractivity contribution in [3.63, 3.8) is 0 Å². The molecule has 0 aromatic carbocycles. The van der Waals surface area contributed by atoms with Gasteiger partial charge < -0.3 is 20.2 Å². The number of hydrogen-bond donors (Lipinski definition) is 3. The molecule has 3 N–H and O–H groups in total. The van der Waals surface area contributed by atoms with E-state index in [4.69, 9.17) is 4.42 Å². The van der Waals surface area contributed by atoms with E-state index in [1.165, 1.54) is 6.26 Å². The van der Waals surface area contributed by atoms with Crippen LogP contribution < -0.4 is 10.6 Å². The minimum absolute atomic E-state index is 0.190. The van der Waals surface area contributed by atoms with E-state index in [1.54, 1.807) is 18.3 Å². The summed E-state index contributed by atoms with van der Waals surface area (Å²) in [6.45, 7) is 4.15. The number of furan rings is 1. The Kier molecular flexibility index (Phi) is 5.55. The van der Waals surface area contributed by atoms with Crippen molar-refractivity contribution in [2.75, 3.05) is 0 Å². The standard InChI is InChI=1S/C16H21N3O3/c1-11-5-3-7-17-13(11)10-18-16(21)19-12(2)9-14(20)15-6-4-8-22-15/h3-8,12,14,20H,9-10H2,1-2H3,(H2,18,19,21). The van der Waals surface area contributed by atoms with Crippen molar-refractivity contribution >= 4 is 6.03 Å². The number of hydrogen-bond acceptors (Lipinski definition) is 4. The second-order valence-corrected chi connectivity index (χ2v) is 5.26. The average molecular weight is 303 g/mol. The molecule has 0 fully saturated rings. The highest BCUT2D eigenvalue weighted by Crippen LogP contribution is 2.18. The Morgan fingerprint density at radius 1 is 1.41 bits per heavy atom. The number of nitrogens with one attached hydrogen (secondary N) is 2. The van der Waals surface area contributed by atoms with E-state index in [2.05, 4.69) is 15.6 Å². The lowest BCUT2D eigenvalue weighted by Gasteiger charge is -2.17. The number of aromatic nitrogens is 1. The molecule has 0 saturated carbocycles. The van der Waals surface area contributed by atoms with Crippen molar-refractivity contribution in [2.24, 2.45) is 0 Å². The third kappa shape index (κ3) is 4.60. The number of aliphatic hydroxyl groups is 1. The fourth-order valence-corrected chi connectivity index (χ4v) is 2.13. The number of aliphatic hydroxyl groups excluding tert-OH is 1. The van der Waals surface area contributed by atoms with E-state index in [0.717, 1.165) is 11.3 Å². The van der Waals surface area contributed by atoms with Gasteiger partial charge in [0.25, 0.3) is 0 Å². The maximum absolute atomic E-state index is 11.9. The zero-order chi connectivity index (χ0) is 15.9. The monoisotopic (exact) mass is 303 g/mol. The summed E-state index contributed by atoms with van der Waals surface area (Å²) in [5.41, 5.74) is 1.87. The molecule has 2 rings (SSSR count). The summed E-state index contributed by atoms with van der Waals surface area (Å²) in [4.78, 5) is 16.1. The molecule has 2 atom stereocenters. The van der Waals surface area contributed by atoms with Gasteiger partial charge in [0.05, 0.1) is 18.5 Å². The van der Waals surface area contributed by atoms with E-state index in [9.17, 15) is 9.90 Å². The fourth-order valence-electron chi connectivity index (χ4n) is 2.13. The van der Waals surface area contributed by atoms with Gasteiger partial charge in [-0.2, -0.15) is 0 Å². The molecule has 0 aliphatic rings. The lowest BCUT2D eigenvalue weighted by molar-refractivity contribution is 0.129. The van der Waals surface area contributed by atoms with Gasteiger partial charge in [0.15, 0.2) is 0 Å². The van der Waals surface area contributed by atoms with Gasteiger partial charge in [-0.25, -0.2) is 4.79 Å². The molecule has 2 unspecified atom stereocenters. The summed E-state index contributed by atoms with van der Waals surface area (Å²) in [6, 6.07) is 6.76. The molecule has 2 aromatic rings. The smallest absolute Gasteiger partial charge is 0.315 e. The van der Waals surface area contributed by atoms with Crippen molar-refractivity contribution in [3.05, 3.63) is 53.7 Å². The third-order valence-corrected chi connectivity index (χ3v) is 3.36. The van der Waals surface area contributed by atoms with Crippen LogP contribution in [-0.4, -0.2) is 22.2 Å². The predicted octanol–water partition coefficient (Wildman–Crippen LogP) is 2.29. The van der Waals surface area contributed by atoms with Gasteiger partial charge in [0.1, 0.15) is 11.9 Å². The van der Waals surface area contributed by atoms with Crippen LogP contribution in [-0.2, 0) is 6.54 Å². The Morgan fingerprint density at radius 3 is 2.91 bits per heavy atom. The van der Waals surface area contributed by atoms with Crippen LogP contribution in [0.15, 0.2) is 41.1 Å². The summed E-state index contributed by atoms with van der Waals surface area (Å²) < 4.78 is 5.13.